The third kappa shape index (κ3) is 23.3. The van der Waals surface area contributed by atoms with Crippen LogP contribution in [0, 0.1) is 65.1 Å². The lowest BCUT2D eigenvalue weighted by Crippen LogP contribution is -2.54. The average Bonchev–Trinajstić information content (AvgIpc) is 1.92. The highest BCUT2D eigenvalue weighted by Crippen LogP contribution is 2.30. The van der Waals surface area contributed by atoms with Gasteiger partial charge < -0.3 is 85.5 Å². The molecule has 96 heavy (non-hydrogen) atoms. The topological polar surface area (TPSA) is 411 Å². The molecular weight excluding hydrogens is 1230 g/mol. The van der Waals surface area contributed by atoms with Crippen LogP contribution in [0.4, 0.5) is 0 Å². The first-order chi connectivity index (χ1) is 45.6. The molecule has 3 aliphatic carbocycles. The zero-order valence-electron chi connectivity index (χ0n) is 58.4. The van der Waals surface area contributed by atoms with Crippen molar-refractivity contribution in [1.29, 1.82) is 0 Å². The van der Waals surface area contributed by atoms with E-state index in [2.05, 4.69) is 79.8 Å². The van der Waals surface area contributed by atoms with Gasteiger partial charge in [0.2, 0.25) is 70.9 Å². The molecule has 7 fully saturated rings. The minimum atomic E-state index is -0.669. The lowest BCUT2D eigenvalue weighted by atomic mass is 9.95. The average molecular weight is 1350 g/mol. The summed E-state index contributed by atoms with van der Waals surface area (Å²) >= 11 is 0. The molecule has 12 amide bonds. The van der Waals surface area contributed by atoms with E-state index < -0.39 is 95.8 Å². The third-order valence-corrected chi connectivity index (χ3v) is 20.4. The molecule has 7 aliphatic rings. The zero-order chi connectivity index (χ0) is 69.9. The standard InChI is InChI=1S/C68H116N16O12/c1-35(2)19-40(75-63(91)45-14-11-17-52(45)74-39(9)85)24-59(87)80-54-31-70-27-47(54)65(93)77-43(22-38(7)8)26-61(89)82-56-33-72-29-49(56)68(96)84-57-34-73-30-50(57)66(94)78-42(21-37(5)6)23-58(86)79-53-18-12-15-46(53)64(92)76-41(20-36(3)4)25-60(88)81-55-32-71-28-48(55)67(95)83-51-16-10-13-44(51)62(69)90/h35-38,40-57,70-73H,10-34H2,1-9H3,(H2,69,90)(H,74,85)(H,75,91)(H,76,92)(H,77,93)(H,78,94)(H,79,86)(H,80,87)(H,81,88)(H,82,89)(H,83,95)(H,84,96)/t40-,41-,42-,43-,44-,45-,46-,47-,48-,49-,50-,51-,52-,53-,54-,55-,56-,57-/m0/s1. The van der Waals surface area contributed by atoms with E-state index in [1.165, 1.54) is 6.92 Å². The first-order valence-corrected chi connectivity index (χ1v) is 36.0. The van der Waals surface area contributed by atoms with E-state index in [0.29, 0.717) is 110 Å². The summed E-state index contributed by atoms with van der Waals surface area (Å²) in [6.07, 6.45) is 8.07. The Hall–Kier alpha value is -6.52. The number of carbonyl (C=O) groups is 12. The largest absolute Gasteiger partial charge is 0.369 e. The van der Waals surface area contributed by atoms with Crippen molar-refractivity contribution >= 4 is 70.9 Å². The third-order valence-electron chi connectivity index (χ3n) is 20.4. The number of hydrogen-bond donors (Lipinski definition) is 16. The number of hydrogen-bond acceptors (Lipinski definition) is 16. The molecule has 0 aromatic heterocycles. The van der Waals surface area contributed by atoms with E-state index in [9.17, 15) is 57.5 Å². The van der Waals surface area contributed by atoms with Gasteiger partial charge in [-0.1, -0.05) is 74.7 Å². The lowest BCUT2D eigenvalue weighted by molar-refractivity contribution is -0.131. The number of nitrogens with two attached hydrogens (primary N) is 1. The molecular formula is C68H116N16O12. The number of rotatable bonds is 34. The Balaban J connectivity index is 0.861. The molecule has 18 atom stereocenters. The van der Waals surface area contributed by atoms with Gasteiger partial charge in [0.25, 0.3) is 0 Å². The minimum absolute atomic E-state index is 0.00596. The summed E-state index contributed by atoms with van der Waals surface area (Å²) in [5.41, 5.74) is 5.59. The predicted octanol–water partition coefficient (Wildman–Crippen LogP) is -1.15. The molecule has 17 N–H and O–H groups in total. The molecule has 28 nitrogen and oxygen atoms in total. The van der Waals surface area contributed by atoms with E-state index in [1.54, 1.807) is 0 Å². The predicted molar refractivity (Wildman–Crippen MR) is 360 cm³/mol. The van der Waals surface area contributed by atoms with Crippen LogP contribution in [0.25, 0.3) is 0 Å². The van der Waals surface area contributed by atoms with Crippen LogP contribution >= 0.6 is 0 Å². The smallest absolute Gasteiger partial charge is 0.226 e. The summed E-state index contributed by atoms with van der Waals surface area (Å²) in [5, 5.41) is 46.5. The quantitative estimate of drug-likeness (QED) is 0.0362. The van der Waals surface area contributed by atoms with Gasteiger partial charge in [-0.3, -0.25) is 57.5 Å². The van der Waals surface area contributed by atoms with Crippen molar-refractivity contribution in [2.45, 2.75) is 238 Å². The molecule has 0 bridgehead atoms. The van der Waals surface area contributed by atoms with Crippen molar-refractivity contribution in [1.82, 2.24) is 79.8 Å². The Kier molecular flexibility index (Phi) is 29.5. The van der Waals surface area contributed by atoms with Gasteiger partial charge in [-0.2, -0.15) is 0 Å². The Morgan fingerprint density at radius 1 is 0.312 bits per heavy atom. The molecule has 0 aromatic rings. The Morgan fingerprint density at radius 3 is 0.865 bits per heavy atom. The van der Waals surface area contributed by atoms with Gasteiger partial charge >= 0.3 is 0 Å². The second-order valence-electron chi connectivity index (χ2n) is 30.5. The van der Waals surface area contributed by atoms with Gasteiger partial charge in [-0.05, 0) is 87.9 Å². The van der Waals surface area contributed by atoms with Crippen LogP contribution in [0.5, 0.6) is 0 Å². The molecule has 4 heterocycles. The SMILES string of the molecule is CC(=O)N[C@H]1CCC[C@@H]1C(=O)N[C@H](CC(=O)N[C@H]1CNC[C@@H]1C(=O)N[C@H](CC(=O)N[C@H]1CNC[C@@H]1C(=O)N[C@H]1CNC[C@@H]1C(=O)N[C@H](CC(=O)N[C@H]1CCC[C@@H]1C(=O)N[C@H](CC(=O)N[C@H]1CNC[C@@H]1C(=O)N[C@H]1CCC[C@@H]1C(N)=O)CC(C)C)CC(C)C)CC(C)C)CC(C)C. The van der Waals surface area contributed by atoms with E-state index in [0.717, 1.165) is 12.8 Å². The normalized spacial score (nSPS) is 29.1. The molecule has 0 aromatic carbocycles. The van der Waals surface area contributed by atoms with E-state index >= 15 is 0 Å². The first kappa shape index (κ1) is 76.8. The minimum Gasteiger partial charge on any atom is -0.369 e. The van der Waals surface area contributed by atoms with E-state index in [4.69, 9.17) is 5.73 Å². The molecule has 0 unspecified atom stereocenters. The highest BCUT2D eigenvalue weighted by atomic mass is 16.2. The monoisotopic (exact) mass is 1350 g/mol. The highest BCUT2D eigenvalue weighted by Gasteiger charge is 2.44. The summed E-state index contributed by atoms with van der Waals surface area (Å²) in [6, 6.07) is -5.30. The second-order valence-corrected chi connectivity index (χ2v) is 30.5. The summed E-state index contributed by atoms with van der Waals surface area (Å²) in [6.45, 7) is 20.1. The Bertz CT molecular complexity index is 2720. The van der Waals surface area contributed by atoms with Gasteiger partial charge in [-0.15, -0.1) is 0 Å². The van der Waals surface area contributed by atoms with E-state index in [-0.39, 0.29) is 145 Å². The summed E-state index contributed by atoms with van der Waals surface area (Å²) in [5.74, 6) is -6.84. The van der Waals surface area contributed by atoms with Crippen LogP contribution in [0.1, 0.15) is 171 Å². The molecule has 4 saturated heterocycles. The number of nitrogens with one attached hydrogen (secondary N) is 15. The molecule has 540 valence electrons. The van der Waals surface area contributed by atoms with Crippen molar-refractivity contribution < 1.29 is 57.5 Å². The van der Waals surface area contributed by atoms with Crippen LogP contribution in [0.3, 0.4) is 0 Å². The van der Waals surface area contributed by atoms with Gasteiger partial charge in [0.05, 0.1) is 65.6 Å². The fraction of sp³-hybridized carbons (Fsp3) is 0.824. The highest BCUT2D eigenvalue weighted by molar-refractivity contribution is 5.89. The molecule has 4 aliphatic heterocycles. The fourth-order valence-corrected chi connectivity index (χ4v) is 15.9. The molecule has 0 spiro atoms. The van der Waals surface area contributed by atoms with Gasteiger partial charge in [0, 0.05) is 127 Å². The summed E-state index contributed by atoms with van der Waals surface area (Å²) in [7, 11) is 0. The van der Waals surface area contributed by atoms with Crippen LogP contribution in [-0.2, 0) is 57.5 Å². The summed E-state index contributed by atoms with van der Waals surface area (Å²) in [4.78, 5) is 162. The molecule has 3 saturated carbocycles. The van der Waals surface area contributed by atoms with Crippen molar-refractivity contribution in [2.75, 3.05) is 52.4 Å². The van der Waals surface area contributed by atoms with Crippen molar-refractivity contribution in [3.63, 3.8) is 0 Å². The first-order valence-electron chi connectivity index (χ1n) is 36.0. The van der Waals surface area contributed by atoms with Crippen LogP contribution in [0.2, 0.25) is 0 Å². The summed E-state index contributed by atoms with van der Waals surface area (Å²) < 4.78 is 0. The van der Waals surface area contributed by atoms with Crippen LogP contribution < -0.4 is 85.5 Å². The number of primary amides is 1. The van der Waals surface area contributed by atoms with Crippen LogP contribution in [0.15, 0.2) is 0 Å². The second kappa shape index (κ2) is 36.9. The number of amides is 12. The zero-order valence-corrected chi connectivity index (χ0v) is 58.4. The van der Waals surface area contributed by atoms with E-state index in [1.807, 2.05) is 55.4 Å². The number of carbonyl (C=O) groups excluding carboxylic acids is 12. The van der Waals surface area contributed by atoms with Gasteiger partial charge in [0.15, 0.2) is 0 Å². The fourth-order valence-electron chi connectivity index (χ4n) is 15.9. The molecule has 28 heteroatoms. The maximum atomic E-state index is 14.2. The maximum Gasteiger partial charge on any atom is 0.226 e. The van der Waals surface area contributed by atoms with Crippen molar-refractivity contribution in [2.24, 2.45) is 70.8 Å². The maximum absolute atomic E-state index is 14.2. The van der Waals surface area contributed by atoms with Gasteiger partial charge in [0.1, 0.15) is 0 Å². The van der Waals surface area contributed by atoms with Crippen molar-refractivity contribution in [3.05, 3.63) is 0 Å². The van der Waals surface area contributed by atoms with Crippen molar-refractivity contribution in [3.8, 4) is 0 Å². The Labute approximate surface area is 567 Å². The molecule has 7 rings (SSSR count). The van der Waals surface area contributed by atoms with Crippen LogP contribution in [-0.4, -0.2) is 190 Å². The molecule has 0 radical (unpaired) electrons. The van der Waals surface area contributed by atoms with Gasteiger partial charge in [-0.25, -0.2) is 0 Å². The Morgan fingerprint density at radius 2 is 0.562 bits per heavy atom. The lowest BCUT2D eigenvalue weighted by Gasteiger charge is -2.28.